The molecule has 0 fully saturated rings. The van der Waals surface area contributed by atoms with E-state index in [-0.39, 0.29) is 13.2 Å². The summed E-state index contributed by atoms with van der Waals surface area (Å²) in [6.45, 7) is 13.2. The third kappa shape index (κ3) is 7.07. The van der Waals surface area contributed by atoms with Crippen LogP contribution in [0.1, 0.15) is 78.4 Å². The Morgan fingerprint density at radius 2 is 1.40 bits per heavy atom. The summed E-state index contributed by atoms with van der Waals surface area (Å²) in [6, 6.07) is 7.36. The van der Waals surface area contributed by atoms with E-state index in [1.807, 2.05) is 38.1 Å². The summed E-state index contributed by atoms with van der Waals surface area (Å²) < 4.78 is 16.2. The maximum Gasteiger partial charge on any atom is 0.336 e. The van der Waals surface area contributed by atoms with Crippen molar-refractivity contribution >= 4 is 24.0 Å². The molecule has 0 radical (unpaired) electrons. The van der Waals surface area contributed by atoms with Gasteiger partial charge in [0, 0.05) is 17.5 Å². The van der Waals surface area contributed by atoms with Gasteiger partial charge in [0.1, 0.15) is 5.60 Å². The van der Waals surface area contributed by atoms with Crippen molar-refractivity contribution in [2.24, 2.45) is 0 Å². The Bertz CT molecular complexity index is 1000. The Morgan fingerprint density at radius 3 is 1.86 bits per heavy atom. The second kappa shape index (κ2) is 12.4. The number of hydrogen-bond donors (Lipinski definition) is 1. The van der Waals surface area contributed by atoms with E-state index in [1.165, 1.54) is 6.08 Å². The summed E-state index contributed by atoms with van der Waals surface area (Å²) in [5.74, 6) is -2.20. The Morgan fingerprint density at radius 1 is 0.886 bits per heavy atom. The second-order valence-electron chi connectivity index (χ2n) is 8.99. The van der Waals surface area contributed by atoms with E-state index >= 15 is 0 Å². The third-order valence-electron chi connectivity index (χ3n) is 5.34. The minimum atomic E-state index is -0.723. The first-order valence-electron chi connectivity index (χ1n) is 12.1. The standard InChI is InChI=1S/C28H37NO6/c1-8-20-24(26(31)33-10-3)23(25(21(9-2)29-20)27(32)34-11-4)19-15-13-12-14-18(19)16-17-22(30)35-28(5,6)7/h12-17,23,29H,8-11H2,1-7H3. The number of hydrogen-bond acceptors (Lipinski definition) is 7. The van der Waals surface area contributed by atoms with Crippen LogP contribution in [-0.2, 0) is 28.6 Å². The molecule has 7 nitrogen and oxygen atoms in total. The van der Waals surface area contributed by atoms with Gasteiger partial charge in [-0.3, -0.25) is 0 Å². The summed E-state index contributed by atoms with van der Waals surface area (Å²) in [7, 11) is 0. The number of dihydropyridines is 1. The van der Waals surface area contributed by atoms with Crippen molar-refractivity contribution in [1.82, 2.24) is 5.32 Å². The highest BCUT2D eigenvalue weighted by Crippen LogP contribution is 2.42. The highest BCUT2D eigenvalue weighted by molar-refractivity contribution is 6.00. The van der Waals surface area contributed by atoms with E-state index in [4.69, 9.17) is 14.2 Å². The predicted octanol–water partition coefficient (Wildman–Crippen LogP) is 5.18. The van der Waals surface area contributed by atoms with Crippen LogP contribution in [0.25, 0.3) is 6.08 Å². The van der Waals surface area contributed by atoms with Gasteiger partial charge in [0.2, 0.25) is 0 Å². The highest BCUT2D eigenvalue weighted by Gasteiger charge is 2.39. The first-order chi connectivity index (χ1) is 16.6. The number of nitrogens with one attached hydrogen (secondary N) is 1. The summed E-state index contributed by atoms with van der Waals surface area (Å²) in [5, 5.41) is 3.29. The van der Waals surface area contributed by atoms with Crippen molar-refractivity contribution in [2.45, 2.75) is 72.8 Å². The van der Waals surface area contributed by atoms with Crippen LogP contribution in [0.4, 0.5) is 0 Å². The van der Waals surface area contributed by atoms with Crippen LogP contribution in [0.3, 0.4) is 0 Å². The monoisotopic (exact) mass is 483 g/mol. The second-order valence-corrected chi connectivity index (χ2v) is 8.99. The molecule has 0 saturated carbocycles. The van der Waals surface area contributed by atoms with Gasteiger partial charge in [-0.2, -0.15) is 0 Å². The molecular formula is C28H37NO6. The van der Waals surface area contributed by atoms with E-state index < -0.39 is 29.4 Å². The van der Waals surface area contributed by atoms with Crippen LogP contribution in [-0.4, -0.2) is 36.7 Å². The van der Waals surface area contributed by atoms with Crippen molar-refractivity contribution in [3.8, 4) is 0 Å². The fourth-order valence-electron chi connectivity index (χ4n) is 4.00. The Kier molecular flexibility index (Phi) is 9.87. The van der Waals surface area contributed by atoms with Crippen molar-refractivity contribution in [2.75, 3.05) is 13.2 Å². The zero-order chi connectivity index (χ0) is 26.2. The lowest BCUT2D eigenvalue weighted by molar-refractivity contribution is -0.148. The van der Waals surface area contributed by atoms with Crippen LogP contribution in [0.15, 0.2) is 52.9 Å². The first kappa shape index (κ1) is 27.9. The van der Waals surface area contributed by atoms with E-state index in [0.29, 0.717) is 46.5 Å². The molecule has 1 N–H and O–H groups in total. The molecule has 0 amide bonds. The average Bonchev–Trinajstić information content (AvgIpc) is 2.80. The maximum absolute atomic E-state index is 13.2. The van der Waals surface area contributed by atoms with Crippen LogP contribution < -0.4 is 5.32 Å². The van der Waals surface area contributed by atoms with E-state index in [2.05, 4.69) is 5.32 Å². The van der Waals surface area contributed by atoms with Crippen molar-refractivity contribution in [1.29, 1.82) is 0 Å². The number of carbonyl (C=O) groups excluding carboxylic acids is 3. The summed E-state index contributed by atoms with van der Waals surface area (Å²) in [5.41, 5.74) is 2.88. The number of allylic oxidation sites excluding steroid dienone is 2. The molecule has 1 heterocycles. The molecule has 1 aromatic carbocycles. The topological polar surface area (TPSA) is 90.9 Å². The molecule has 1 aliphatic heterocycles. The Hall–Kier alpha value is -3.35. The Balaban J connectivity index is 2.74. The lowest BCUT2D eigenvalue weighted by Crippen LogP contribution is -2.34. The van der Waals surface area contributed by atoms with Crippen molar-refractivity contribution in [3.05, 3.63) is 64.0 Å². The van der Waals surface area contributed by atoms with Crippen LogP contribution in [0.5, 0.6) is 0 Å². The summed E-state index contributed by atoms with van der Waals surface area (Å²) in [4.78, 5) is 38.8. The van der Waals surface area contributed by atoms with Crippen molar-refractivity contribution in [3.63, 3.8) is 0 Å². The van der Waals surface area contributed by atoms with Crippen LogP contribution in [0, 0.1) is 0 Å². The molecule has 0 unspecified atom stereocenters. The average molecular weight is 484 g/mol. The zero-order valence-corrected chi connectivity index (χ0v) is 21.8. The molecular weight excluding hydrogens is 446 g/mol. The highest BCUT2D eigenvalue weighted by atomic mass is 16.6. The predicted molar refractivity (Wildman–Crippen MR) is 135 cm³/mol. The van der Waals surface area contributed by atoms with E-state index in [1.54, 1.807) is 40.7 Å². The van der Waals surface area contributed by atoms with Gasteiger partial charge in [-0.15, -0.1) is 0 Å². The van der Waals surface area contributed by atoms with Crippen molar-refractivity contribution < 1.29 is 28.6 Å². The number of rotatable bonds is 9. The van der Waals surface area contributed by atoms with Gasteiger partial charge in [-0.1, -0.05) is 38.1 Å². The molecule has 0 atom stereocenters. The molecule has 2 rings (SSSR count). The van der Waals surface area contributed by atoms with Gasteiger partial charge >= 0.3 is 17.9 Å². The maximum atomic E-state index is 13.2. The number of carbonyl (C=O) groups is 3. The molecule has 35 heavy (non-hydrogen) atoms. The zero-order valence-electron chi connectivity index (χ0n) is 21.8. The molecule has 1 aromatic rings. The lowest BCUT2D eigenvalue weighted by Gasteiger charge is -2.33. The lowest BCUT2D eigenvalue weighted by atomic mass is 9.77. The Labute approximate surface area is 208 Å². The van der Waals surface area contributed by atoms with Crippen LogP contribution in [0.2, 0.25) is 0 Å². The molecule has 0 bridgehead atoms. The smallest absolute Gasteiger partial charge is 0.336 e. The molecule has 7 heteroatoms. The van der Waals surface area contributed by atoms with Gasteiger partial charge in [0.05, 0.1) is 30.3 Å². The van der Waals surface area contributed by atoms with Gasteiger partial charge < -0.3 is 19.5 Å². The third-order valence-corrected chi connectivity index (χ3v) is 5.34. The van der Waals surface area contributed by atoms with Crippen LogP contribution >= 0.6 is 0 Å². The van der Waals surface area contributed by atoms with Gasteiger partial charge in [0.15, 0.2) is 0 Å². The van der Waals surface area contributed by atoms with E-state index in [0.717, 1.165) is 0 Å². The number of ether oxygens (including phenoxy) is 3. The number of esters is 3. The number of benzene rings is 1. The van der Waals surface area contributed by atoms with Gasteiger partial charge in [-0.25, -0.2) is 14.4 Å². The molecule has 190 valence electrons. The molecule has 0 aromatic heterocycles. The molecule has 1 aliphatic rings. The molecule has 0 spiro atoms. The first-order valence-corrected chi connectivity index (χ1v) is 12.1. The van der Waals surface area contributed by atoms with Gasteiger partial charge in [-0.05, 0) is 64.7 Å². The fraction of sp³-hybridized carbons (Fsp3) is 0.464. The molecule has 0 saturated heterocycles. The largest absolute Gasteiger partial charge is 0.463 e. The minimum Gasteiger partial charge on any atom is -0.463 e. The minimum absolute atomic E-state index is 0.200. The molecule has 0 aliphatic carbocycles. The van der Waals surface area contributed by atoms with Gasteiger partial charge in [0.25, 0.3) is 0 Å². The normalized spacial score (nSPS) is 14.7. The fourth-order valence-corrected chi connectivity index (χ4v) is 4.00. The quantitative estimate of drug-likeness (QED) is 0.294. The summed E-state index contributed by atoms with van der Waals surface area (Å²) in [6.07, 6.45) is 4.09. The summed E-state index contributed by atoms with van der Waals surface area (Å²) >= 11 is 0. The van der Waals surface area contributed by atoms with E-state index in [9.17, 15) is 14.4 Å². The SMILES string of the molecule is CCOC(=O)C1=C(CC)NC(CC)=C(C(=O)OCC)C1c1ccccc1C=CC(=O)OC(C)(C)C.